The first-order valence-corrected chi connectivity index (χ1v) is 15.3. The van der Waals surface area contributed by atoms with E-state index in [4.69, 9.17) is 14.7 Å². The van der Waals surface area contributed by atoms with E-state index in [1.807, 2.05) is 48.5 Å². The van der Waals surface area contributed by atoms with Crippen molar-refractivity contribution < 1.29 is 23.9 Å². The summed E-state index contributed by atoms with van der Waals surface area (Å²) in [5, 5.41) is 9.10. The van der Waals surface area contributed by atoms with Crippen LogP contribution in [-0.2, 0) is 17.6 Å². The minimum atomic E-state index is -0.650. The second-order valence-corrected chi connectivity index (χ2v) is 11.0. The van der Waals surface area contributed by atoms with Crippen molar-refractivity contribution >= 4 is 18.0 Å². The molecule has 0 bridgehead atoms. The molecule has 1 aliphatic rings. The average Bonchev–Trinajstić information content (AvgIpc) is 3.05. The highest BCUT2D eigenvalue weighted by molar-refractivity contribution is 6.09. The lowest BCUT2D eigenvalue weighted by Crippen LogP contribution is -2.40. The number of aldehydes is 1. The second-order valence-electron chi connectivity index (χ2n) is 11.0. The molecule has 1 fully saturated rings. The van der Waals surface area contributed by atoms with E-state index >= 15 is 0 Å². The molecule has 0 aliphatic carbocycles. The van der Waals surface area contributed by atoms with Gasteiger partial charge in [-0.15, -0.1) is 0 Å². The number of aryl methyl sites for hydroxylation is 2. The molecular weight excluding hydrogens is 540 g/mol. The van der Waals surface area contributed by atoms with Crippen LogP contribution in [0.5, 0.6) is 11.5 Å². The zero-order valence-electron chi connectivity index (χ0n) is 24.7. The smallest absolute Gasteiger partial charge is 0.262 e. The molecule has 224 valence electrons. The van der Waals surface area contributed by atoms with Gasteiger partial charge in [-0.05, 0) is 105 Å². The number of Topliss-reactive ketones (excluding diaryl/α,β-unsaturated/α-hetero) is 1. The molecule has 43 heavy (non-hydrogen) atoms. The van der Waals surface area contributed by atoms with Crippen LogP contribution in [0.15, 0.2) is 72.8 Å². The Morgan fingerprint density at radius 1 is 0.884 bits per heavy atom. The van der Waals surface area contributed by atoms with Gasteiger partial charge in [-0.1, -0.05) is 36.4 Å². The average molecular weight is 581 g/mol. The van der Waals surface area contributed by atoms with Crippen LogP contribution in [0.3, 0.4) is 0 Å². The number of piperidine rings is 1. The van der Waals surface area contributed by atoms with Crippen LogP contribution >= 0.6 is 0 Å². The van der Waals surface area contributed by atoms with E-state index in [-0.39, 0.29) is 17.4 Å². The Bertz CT molecular complexity index is 1380. The summed E-state index contributed by atoms with van der Waals surface area (Å²) < 4.78 is 11.6. The third-order valence-corrected chi connectivity index (χ3v) is 7.84. The molecule has 1 heterocycles. The van der Waals surface area contributed by atoms with E-state index < -0.39 is 5.78 Å². The normalized spacial score (nSPS) is 14.5. The summed E-state index contributed by atoms with van der Waals surface area (Å²) in [7, 11) is 0. The number of nitriles is 1. The van der Waals surface area contributed by atoms with Gasteiger partial charge in [0.25, 0.3) is 11.7 Å². The van der Waals surface area contributed by atoms with Crippen molar-refractivity contribution in [2.45, 2.75) is 57.8 Å². The summed E-state index contributed by atoms with van der Waals surface area (Å²) in [5.41, 5.74) is 2.83. The van der Waals surface area contributed by atoms with E-state index in [2.05, 4.69) is 12.1 Å². The Labute approximate surface area is 254 Å². The Balaban J connectivity index is 1.23. The van der Waals surface area contributed by atoms with E-state index in [0.29, 0.717) is 44.7 Å². The van der Waals surface area contributed by atoms with Crippen LogP contribution in [0, 0.1) is 17.2 Å². The first-order valence-electron chi connectivity index (χ1n) is 15.3. The lowest BCUT2D eigenvalue weighted by Gasteiger charge is -2.32. The summed E-state index contributed by atoms with van der Waals surface area (Å²) in [6.45, 7) is 2.49. The fourth-order valence-corrected chi connectivity index (χ4v) is 5.45. The van der Waals surface area contributed by atoms with Crippen molar-refractivity contribution in [3.8, 4) is 17.6 Å². The predicted molar refractivity (Wildman–Crippen MR) is 165 cm³/mol. The molecular formula is C36H40N2O5. The van der Waals surface area contributed by atoms with Gasteiger partial charge in [0.2, 0.25) is 0 Å². The Hall–Kier alpha value is -4.44. The molecule has 3 aromatic rings. The third-order valence-electron chi connectivity index (χ3n) is 7.84. The zero-order valence-corrected chi connectivity index (χ0v) is 24.7. The zero-order chi connectivity index (χ0) is 30.3. The largest absolute Gasteiger partial charge is 0.494 e. The number of nitrogens with zero attached hydrogens (tertiary/aromatic N) is 2. The molecule has 1 atom stereocenters. The number of ketones is 1. The standard InChI is InChI=1S/C36H40N2O5/c37-26-35(40)31-17-16-30(34(25-31)36(41)38-21-8-10-29(27-38)20-22-39)11-5-4-9-28-14-18-33(19-15-28)43-24-7-6-23-42-32-12-2-1-3-13-32/h1-3,12-19,22,25,29H,4-11,20-21,23-24,27H2. The maximum atomic E-state index is 13.5. The van der Waals surface area contributed by atoms with Gasteiger partial charge in [0.1, 0.15) is 23.9 Å². The van der Waals surface area contributed by atoms with Crippen molar-refractivity contribution in [3.63, 3.8) is 0 Å². The lowest BCUT2D eigenvalue weighted by atomic mass is 9.93. The molecule has 3 aromatic carbocycles. The summed E-state index contributed by atoms with van der Waals surface area (Å²) in [6, 6.07) is 24.7. The molecule has 0 aromatic heterocycles. The number of para-hydroxylation sites is 1. The fraction of sp³-hybridized carbons (Fsp3) is 0.389. The van der Waals surface area contributed by atoms with Crippen molar-refractivity contribution in [2.75, 3.05) is 26.3 Å². The van der Waals surface area contributed by atoms with Gasteiger partial charge in [-0.25, -0.2) is 0 Å². The fourth-order valence-electron chi connectivity index (χ4n) is 5.45. The van der Waals surface area contributed by atoms with Crippen molar-refractivity contribution in [1.29, 1.82) is 5.26 Å². The van der Waals surface area contributed by atoms with Crippen molar-refractivity contribution in [1.82, 2.24) is 4.90 Å². The second kappa shape index (κ2) is 16.9. The van der Waals surface area contributed by atoms with E-state index in [0.717, 1.165) is 68.3 Å². The Morgan fingerprint density at radius 2 is 1.58 bits per heavy atom. The first kappa shape index (κ1) is 31.5. The molecule has 0 saturated carbocycles. The van der Waals surface area contributed by atoms with Gasteiger partial charge in [0, 0.05) is 30.6 Å². The van der Waals surface area contributed by atoms with Crippen LogP contribution in [0.25, 0.3) is 0 Å². The quantitative estimate of drug-likeness (QED) is 0.0816. The van der Waals surface area contributed by atoms with Crippen LogP contribution in [-0.4, -0.2) is 49.2 Å². The van der Waals surface area contributed by atoms with Gasteiger partial charge in [0.05, 0.1) is 13.2 Å². The number of ether oxygens (including phenoxy) is 2. The molecule has 7 nitrogen and oxygen atoms in total. The summed E-state index contributed by atoms with van der Waals surface area (Å²) in [4.78, 5) is 38.4. The van der Waals surface area contributed by atoms with E-state index in [1.165, 1.54) is 5.56 Å². The molecule has 0 spiro atoms. The van der Waals surface area contributed by atoms with Gasteiger partial charge in [-0.2, -0.15) is 5.26 Å². The third kappa shape index (κ3) is 9.82. The topological polar surface area (TPSA) is 96.7 Å². The maximum Gasteiger partial charge on any atom is 0.262 e. The Kier molecular flexibility index (Phi) is 12.4. The number of hydrogen-bond acceptors (Lipinski definition) is 6. The number of carbonyl (C=O) groups excluding carboxylic acids is 3. The van der Waals surface area contributed by atoms with Crippen LogP contribution in [0.1, 0.15) is 76.8 Å². The molecule has 1 amide bonds. The number of likely N-dealkylation sites (tertiary alicyclic amines) is 1. The number of unbranched alkanes of at least 4 members (excludes halogenated alkanes) is 2. The van der Waals surface area contributed by atoms with Crippen LogP contribution in [0.4, 0.5) is 0 Å². The highest BCUT2D eigenvalue weighted by Gasteiger charge is 2.26. The monoisotopic (exact) mass is 580 g/mol. The predicted octanol–water partition coefficient (Wildman–Crippen LogP) is 6.64. The molecule has 1 aliphatic heterocycles. The van der Waals surface area contributed by atoms with Crippen LogP contribution < -0.4 is 9.47 Å². The lowest BCUT2D eigenvalue weighted by molar-refractivity contribution is -0.108. The summed E-state index contributed by atoms with van der Waals surface area (Å²) >= 11 is 0. The highest BCUT2D eigenvalue weighted by Crippen LogP contribution is 2.24. The number of benzene rings is 3. The minimum Gasteiger partial charge on any atom is -0.494 e. The van der Waals surface area contributed by atoms with E-state index in [1.54, 1.807) is 23.1 Å². The highest BCUT2D eigenvalue weighted by atomic mass is 16.5. The number of amides is 1. The van der Waals surface area contributed by atoms with Gasteiger partial charge < -0.3 is 19.2 Å². The maximum absolute atomic E-state index is 13.5. The molecule has 0 radical (unpaired) electrons. The van der Waals surface area contributed by atoms with Gasteiger partial charge >= 0.3 is 0 Å². The summed E-state index contributed by atoms with van der Waals surface area (Å²) in [6.07, 6.45) is 8.42. The van der Waals surface area contributed by atoms with Crippen molar-refractivity contribution in [2.24, 2.45) is 5.92 Å². The van der Waals surface area contributed by atoms with Gasteiger partial charge in [-0.3, -0.25) is 9.59 Å². The van der Waals surface area contributed by atoms with E-state index in [9.17, 15) is 14.4 Å². The number of carbonyl (C=O) groups is 3. The SMILES string of the molecule is N#CC(=O)c1ccc(CCCCc2ccc(OCCCCOc3ccccc3)cc2)c(C(=O)N2CCCC(CC=O)C2)c1. The molecule has 4 rings (SSSR count). The molecule has 7 heteroatoms. The molecule has 1 saturated heterocycles. The first-order chi connectivity index (χ1) is 21.1. The van der Waals surface area contributed by atoms with Crippen molar-refractivity contribution in [3.05, 3.63) is 95.1 Å². The number of rotatable bonds is 16. The molecule has 0 N–H and O–H groups in total. The van der Waals surface area contributed by atoms with Gasteiger partial charge in [0.15, 0.2) is 0 Å². The molecule has 1 unspecified atom stereocenters. The Morgan fingerprint density at radius 3 is 2.28 bits per heavy atom. The van der Waals surface area contributed by atoms with Crippen LogP contribution in [0.2, 0.25) is 0 Å². The minimum absolute atomic E-state index is 0.127. The summed E-state index contributed by atoms with van der Waals surface area (Å²) in [5.74, 6) is 1.13. The number of hydrogen-bond donors (Lipinski definition) is 0.